The van der Waals surface area contributed by atoms with Crippen LogP contribution in [0.1, 0.15) is 11.8 Å². The van der Waals surface area contributed by atoms with Crippen molar-refractivity contribution < 1.29 is 8.42 Å². The van der Waals surface area contributed by atoms with Gasteiger partial charge >= 0.3 is 0 Å². The van der Waals surface area contributed by atoms with E-state index in [1.54, 1.807) is 18.3 Å². The summed E-state index contributed by atoms with van der Waals surface area (Å²) in [6, 6.07) is 1.71. The standard InChI is InChI=1S/C9H15BrN2O2S2/c1-6(16(2,13)14)9(12-11)4-8-3-7(10)5-15-8/h3,5-6,9,12H,4,11H2,1-2H3. The van der Waals surface area contributed by atoms with Gasteiger partial charge < -0.3 is 0 Å². The van der Waals surface area contributed by atoms with Crippen LogP contribution in [-0.2, 0) is 16.3 Å². The summed E-state index contributed by atoms with van der Waals surface area (Å²) in [4.78, 5) is 1.10. The summed E-state index contributed by atoms with van der Waals surface area (Å²) >= 11 is 4.95. The summed E-state index contributed by atoms with van der Waals surface area (Å²) in [6.45, 7) is 1.67. The first-order valence-corrected chi connectivity index (χ1v) is 8.35. The largest absolute Gasteiger partial charge is 0.271 e. The van der Waals surface area contributed by atoms with Crippen LogP contribution in [0.3, 0.4) is 0 Å². The number of hydrogen-bond acceptors (Lipinski definition) is 5. The average Bonchev–Trinajstić information content (AvgIpc) is 2.58. The number of halogens is 1. The summed E-state index contributed by atoms with van der Waals surface area (Å²) in [5.74, 6) is 5.40. The van der Waals surface area contributed by atoms with E-state index < -0.39 is 15.1 Å². The maximum atomic E-state index is 11.4. The van der Waals surface area contributed by atoms with Crippen molar-refractivity contribution in [2.45, 2.75) is 24.6 Å². The first kappa shape index (κ1) is 14.1. The van der Waals surface area contributed by atoms with Crippen LogP contribution in [0, 0.1) is 0 Å². The van der Waals surface area contributed by atoms with E-state index in [2.05, 4.69) is 21.4 Å². The molecule has 0 radical (unpaired) electrons. The summed E-state index contributed by atoms with van der Waals surface area (Å²) < 4.78 is 23.9. The fourth-order valence-electron chi connectivity index (χ4n) is 1.34. The SMILES string of the molecule is CC(C(Cc1cc(Br)cs1)NN)S(C)(=O)=O. The van der Waals surface area contributed by atoms with Gasteiger partial charge in [-0.15, -0.1) is 11.3 Å². The Kier molecular flexibility index (Phi) is 4.93. The number of nitrogens with one attached hydrogen (secondary N) is 1. The number of thiophene rings is 1. The van der Waals surface area contributed by atoms with Crippen LogP contribution in [0.15, 0.2) is 15.9 Å². The van der Waals surface area contributed by atoms with Crippen LogP contribution in [0.4, 0.5) is 0 Å². The first-order chi connectivity index (χ1) is 7.34. The van der Waals surface area contributed by atoms with Crippen molar-refractivity contribution in [2.24, 2.45) is 5.84 Å². The van der Waals surface area contributed by atoms with Crippen molar-refractivity contribution in [2.75, 3.05) is 6.26 Å². The third kappa shape index (κ3) is 3.81. The Morgan fingerprint density at radius 1 is 1.62 bits per heavy atom. The monoisotopic (exact) mass is 326 g/mol. The number of rotatable bonds is 5. The van der Waals surface area contributed by atoms with Crippen LogP contribution < -0.4 is 11.3 Å². The molecule has 3 N–H and O–H groups in total. The number of sulfone groups is 1. The Labute approximate surface area is 108 Å². The summed E-state index contributed by atoms with van der Waals surface area (Å²) in [5, 5.41) is 1.46. The Bertz CT molecular complexity index is 444. The van der Waals surface area contributed by atoms with Crippen LogP contribution in [-0.4, -0.2) is 26.0 Å². The second kappa shape index (κ2) is 5.59. The van der Waals surface area contributed by atoms with Gasteiger partial charge in [-0.05, 0) is 35.3 Å². The highest BCUT2D eigenvalue weighted by atomic mass is 79.9. The Balaban J connectivity index is 2.77. The van der Waals surface area contributed by atoms with Gasteiger partial charge in [-0.1, -0.05) is 0 Å². The average molecular weight is 327 g/mol. The van der Waals surface area contributed by atoms with Gasteiger partial charge in [-0.3, -0.25) is 11.3 Å². The van der Waals surface area contributed by atoms with E-state index in [0.29, 0.717) is 6.42 Å². The lowest BCUT2D eigenvalue weighted by molar-refractivity contribution is 0.496. The summed E-state index contributed by atoms with van der Waals surface area (Å²) in [7, 11) is -3.08. The minimum absolute atomic E-state index is 0.263. The van der Waals surface area contributed by atoms with Crippen LogP contribution >= 0.6 is 27.3 Å². The van der Waals surface area contributed by atoms with Crippen molar-refractivity contribution in [3.63, 3.8) is 0 Å². The van der Waals surface area contributed by atoms with Gasteiger partial charge in [-0.2, -0.15) is 0 Å². The smallest absolute Gasteiger partial charge is 0.151 e. The van der Waals surface area contributed by atoms with E-state index in [-0.39, 0.29) is 6.04 Å². The second-order valence-electron chi connectivity index (χ2n) is 3.74. The molecule has 0 fully saturated rings. The molecule has 0 aliphatic rings. The molecule has 0 saturated carbocycles. The fourth-order valence-corrected chi connectivity index (χ4v) is 3.62. The normalized spacial score (nSPS) is 16.0. The molecule has 1 aromatic rings. The number of hydrogen-bond donors (Lipinski definition) is 2. The third-order valence-corrected chi connectivity index (χ3v) is 5.90. The molecule has 16 heavy (non-hydrogen) atoms. The van der Waals surface area contributed by atoms with Crippen molar-refractivity contribution in [3.8, 4) is 0 Å². The molecule has 0 aliphatic heterocycles. The zero-order valence-electron chi connectivity index (χ0n) is 9.10. The molecule has 1 rings (SSSR count). The minimum atomic E-state index is -3.08. The molecule has 1 aromatic heterocycles. The molecule has 0 spiro atoms. The molecular formula is C9H15BrN2O2S2. The van der Waals surface area contributed by atoms with Gasteiger partial charge in [-0.25, -0.2) is 8.42 Å². The lowest BCUT2D eigenvalue weighted by atomic mass is 10.1. The molecule has 2 atom stereocenters. The highest BCUT2D eigenvalue weighted by Gasteiger charge is 2.25. The molecule has 0 amide bonds. The van der Waals surface area contributed by atoms with Gasteiger partial charge in [0.25, 0.3) is 0 Å². The molecular weight excluding hydrogens is 312 g/mol. The van der Waals surface area contributed by atoms with E-state index in [9.17, 15) is 8.42 Å². The number of hydrazine groups is 1. The van der Waals surface area contributed by atoms with Gasteiger partial charge in [0.1, 0.15) is 0 Å². The van der Waals surface area contributed by atoms with Crippen LogP contribution in [0.5, 0.6) is 0 Å². The van der Waals surface area contributed by atoms with Gasteiger partial charge in [0.15, 0.2) is 9.84 Å². The van der Waals surface area contributed by atoms with E-state index in [4.69, 9.17) is 5.84 Å². The molecule has 0 aliphatic carbocycles. The lowest BCUT2D eigenvalue weighted by Gasteiger charge is -2.21. The minimum Gasteiger partial charge on any atom is -0.271 e. The summed E-state index contributed by atoms with van der Waals surface area (Å²) in [5.41, 5.74) is 2.58. The van der Waals surface area contributed by atoms with Crippen molar-refractivity contribution in [1.29, 1.82) is 0 Å². The van der Waals surface area contributed by atoms with Gasteiger partial charge in [0, 0.05) is 27.0 Å². The predicted octanol–water partition coefficient (Wildman–Crippen LogP) is 1.32. The van der Waals surface area contributed by atoms with E-state index in [0.717, 1.165) is 9.35 Å². The van der Waals surface area contributed by atoms with Crippen LogP contribution in [0.25, 0.3) is 0 Å². The highest BCUT2D eigenvalue weighted by Crippen LogP contribution is 2.22. The Morgan fingerprint density at radius 2 is 2.25 bits per heavy atom. The van der Waals surface area contributed by atoms with E-state index in [1.165, 1.54) is 6.26 Å². The molecule has 4 nitrogen and oxygen atoms in total. The zero-order chi connectivity index (χ0) is 12.3. The van der Waals surface area contributed by atoms with Crippen molar-refractivity contribution >= 4 is 37.1 Å². The lowest BCUT2D eigenvalue weighted by Crippen LogP contribution is -2.47. The third-order valence-electron chi connectivity index (χ3n) is 2.50. The van der Waals surface area contributed by atoms with Crippen molar-refractivity contribution in [3.05, 3.63) is 20.8 Å². The van der Waals surface area contributed by atoms with Crippen molar-refractivity contribution in [1.82, 2.24) is 5.43 Å². The molecule has 0 aromatic carbocycles. The van der Waals surface area contributed by atoms with Gasteiger partial charge in [0.2, 0.25) is 0 Å². The fraction of sp³-hybridized carbons (Fsp3) is 0.556. The maximum absolute atomic E-state index is 11.4. The van der Waals surface area contributed by atoms with Crippen LogP contribution in [0.2, 0.25) is 0 Å². The molecule has 92 valence electrons. The maximum Gasteiger partial charge on any atom is 0.151 e. The quantitative estimate of drug-likeness (QED) is 0.632. The molecule has 1 heterocycles. The molecule has 2 unspecified atom stereocenters. The predicted molar refractivity (Wildman–Crippen MR) is 71.1 cm³/mol. The Hall–Kier alpha value is 0.0500. The molecule has 0 bridgehead atoms. The highest BCUT2D eigenvalue weighted by molar-refractivity contribution is 9.10. The second-order valence-corrected chi connectivity index (χ2v) is 8.06. The molecule has 0 saturated heterocycles. The molecule has 7 heteroatoms. The van der Waals surface area contributed by atoms with E-state index >= 15 is 0 Å². The number of nitrogens with two attached hydrogens (primary N) is 1. The van der Waals surface area contributed by atoms with E-state index in [1.807, 2.05) is 11.4 Å². The van der Waals surface area contributed by atoms with Gasteiger partial charge in [0.05, 0.1) is 5.25 Å². The zero-order valence-corrected chi connectivity index (χ0v) is 12.3. The topological polar surface area (TPSA) is 72.2 Å². The Morgan fingerprint density at radius 3 is 2.62 bits per heavy atom. The first-order valence-electron chi connectivity index (χ1n) is 4.72. The summed E-state index contributed by atoms with van der Waals surface area (Å²) in [6.07, 6.45) is 1.84.